The van der Waals surface area contributed by atoms with Gasteiger partial charge in [-0.1, -0.05) is 13.8 Å². The number of esters is 1. The van der Waals surface area contributed by atoms with Gasteiger partial charge in [0.15, 0.2) is 5.60 Å². The number of aliphatic hydroxyl groups is 1. The molecule has 39 heavy (non-hydrogen) atoms. The molecule has 0 saturated carbocycles. The molecule has 0 unspecified atom stereocenters. The van der Waals surface area contributed by atoms with Crippen LogP contribution in [0.15, 0.2) is 29.1 Å². The number of benzene rings is 1. The fourth-order valence-corrected chi connectivity index (χ4v) is 6.00. The minimum absolute atomic E-state index is 0.0928. The zero-order valence-electron chi connectivity index (χ0n) is 22.5. The van der Waals surface area contributed by atoms with Gasteiger partial charge < -0.3 is 28.9 Å². The van der Waals surface area contributed by atoms with Crippen LogP contribution >= 0.6 is 0 Å². The summed E-state index contributed by atoms with van der Waals surface area (Å²) < 4.78 is 12.6. The largest absolute Gasteiger partial charge is 0.458 e. The Bertz CT molecular complexity index is 1580. The van der Waals surface area contributed by atoms with E-state index in [1.165, 1.54) is 0 Å². The molecule has 6 rings (SSSR count). The van der Waals surface area contributed by atoms with Gasteiger partial charge in [0.25, 0.3) is 5.56 Å². The molecule has 3 aromatic rings. The molecule has 0 aliphatic carbocycles. The van der Waals surface area contributed by atoms with E-state index in [-0.39, 0.29) is 24.7 Å². The second-order valence-corrected chi connectivity index (χ2v) is 10.6. The number of ether oxygens (including phenoxy) is 2. The van der Waals surface area contributed by atoms with Crippen molar-refractivity contribution in [3.63, 3.8) is 0 Å². The van der Waals surface area contributed by atoms with E-state index < -0.39 is 11.6 Å². The number of rotatable bonds is 3. The van der Waals surface area contributed by atoms with Crippen molar-refractivity contribution in [2.45, 2.75) is 51.9 Å². The Kier molecular flexibility index (Phi) is 6.19. The summed E-state index contributed by atoms with van der Waals surface area (Å²) in [4.78, 5) is 47.7. The van der Waals surface area contributed by atoms with Crippen LogP contribution in [0, 0.1) is 0 Å². The number of cyclic esters (lactones) is 1. The maximum atomic E-state index is 13.5. The van der Waals surface area contributed by atoms with Crippen LogP contribution < -0.4 is 10.3 Å². The number of fused-ring (bicyclic) bond motifs is 5. The predicted octanol–water partition coefficient (Wildman–Crippen LogP) is 2.78. The first-order chi connectivity index (χ1) is 18.7. The van der Waals surface area contributed by atoms with E-state index in [2.05, 4.69) is 11.9 Å². The number of pyridine rings is 2. The molecule has 10 heteroatoms. The van der Waals surface area contributed by atoms with Crippen LogP contribution in [0.3, 0.4) is 0 Å². The molecule has 3 aliphatic heterocycles. The van der Waals surface area contributed by atoms with E-state index in [0.717, 1.165) is 36.0 Å². The lowest BCUT2D eigenvalue weighted by molar-refractivity contribution is -0.172. The van der Waals surface area contributed by atoms with Crippen molar-refractivity contribution in [3.8, 4) is 17.1 Å². The zero-order chi connectivity index (χ0) is 27.5. The Hall–Kier alpha value is -3.76. The quantitative estimate of drug-likeness (QED) is 0.401. The van der Waals surface area contributed by atoms with Crippen LogP contribution in [0.5, 0.6) is 5.75 Å². The Morgan fingerprint density at radius 1 is 1.13 bits per heavy atom. The van der Waals surface area contributed by atoms with Gasteiger partial charge in [-0.2, -0.15) is 0 Å². The SMILES string of the molecule is CCc1c2c(nc3ccc(OC(=O)N4CCCN(C)CC4)cc13)-c1cc3c(c(=O)n1C2)COC(=O)[C@]3(O)CC. The molecule has 1 amide bonds. The molecule has 204 valence electrons. The molecule has 1 fully saturated rings. The molecule has 1 saturated heterocycles. The smallest absolute Gasteiger partial charge is 0.415 e. The molecule has 10 nitrogen and oxygen atoms in total. The first-order valence-corrected chi connectivity index (χ1v) is 13.5. The lowest BCUT2D eigenvalue weighted by Crippen LogP contribution is -2.44. The van der Waals surface area contributed by atoms with E-state index in [4.69, 9.17) is 14.5 Å². The van der Waals surface area contributed by atoms with Gasteiger partial charge in [-0.25, -0.2) is 14.6 Å². The molecule has 0 radical (unpaired) electrons. The van der Waals surface area contributed by atoms with Gasteiger partial charge in [0.05, 0.1) is 29.0 Å². The van der Waals surface area contributed by atoms with Crippen LogP contribution in [0.25, 0.3) is 22.3 Å². The highest BCUT2D eigenvalue weighted by molar-refractivity contribution is 5.90. The van der Waals surface area contributed by atoms with Crippen molar-refractivity contribution in [1.29, 1.82) is 0 Å². The molecule has 3 aliphatic rings. The van der Waals surface area contributed by atoms with E-state index in [9.17, 15) is 19.5 Å². The minimum Gasteiger partial charge on any atom is -0.458 e. The molecule has 0 spiro atoms. The second-order valence-electron chi connectivity index (χ2n) is 10.6. The summed E-state index contributed by atoms with van der Waals surface area (Å²) >= 11 is 0. The number of hydrogen-bond acceptors (Lipinski definition) is 8. The average Bonchev–Trinajstić information content (AvgIpc) is 3.14. The van der Waals surface area contributed by atoms with Crippen LogP contribution in [-0.4, -0.2) is 69.7 Å². The summed E-state index contributed by atoms with van der Waals surface area (Å²) in [6.07, 6.45) is 1.32. The first kappa shape index (κ1) is 25.5. The third-order valence-corrected chi connectivity index (χ3v) is 8.31. The summed E-state index contributed by atoms with van der Waals surface area (Å²) in [5.74, 6) is -0.288. The number of nitrogens with zero attached hydrogens (tertiary/aromatic N) is 4. The van der Waals surface area contributed by atoms with Gasteiger partial charge in [0.2, 0.25) is 0 Å². The van der Waals surface area contributed by atoms with Crippen molar-refractivity contribution in [2.75, 3.05) is 33.2 Å². The molecular formula is C29H32N4O6. The Morgan fingerprint density at radius 2 is 1.95 bits per heavy atom. The molecule has 1 atom stereocenters. The van der Waals surface area contributed by atoms with Crippen molar-refractivity contribution < 1.29 is 24.2 Å². The van der Waals surface area contributed by atoms with Gasteiger partial charge in [-0.05, 0) is 62.7 Å². The van der Waals surface area contributed by atoms with E-state index in [0.29, 0.717) is 59.8 Å². The summed E-state index contributed by atoms with van der Waals surface area (Å²) in [6.45, 7) is 6.93. The summed E-state index contributed by atoms with van der Waals surface area (Å²) in [5, 5.41) is 12.0. The molecular weight excluding hydrogens is 500 g/mol. The number of hydrogen-bond donors (Lipinski definition) is 1. The maximum Gasteiger partial charge on any atom is 0.415 e. The highest BCUT2D eigenvalue weighted by Gasteiger charge is 2.45. The average molecular weight is 533 g/mol. The highest BCUT2D eigenvalue weighted by Crippen LogP contribution is 2.40. The van der Waals surface area contributed by atoms with Crippen molar-refractivity contribution in [3.05, 3.63) is 56.9 Å². The number of aryl methyl sites for hydroxylation is 1. The number of aromatic nitrogens is 2. The maximum absolute atomic E-state index is 13.5. The van der Waals surface area contributed by atoms with Crippen LogP contribution in [0.2, 0.25) is 0 Å². The van der Waals surface area contributed by atoms with Gasteiger partial charge in [-0.15, -0.1) is 0 Å². The second kappa shape index (κ2) is 9.46. The highest BCUT2D eigenvalue weighted by atomic mass is 16.6. The minimum atomic E-state index is -1.86. The normalized spacial score (nSPS) is 20.7. The van der Waals surface area contributed by atoms with Crippen molar-refractivity contribution in [1.82, 2.24) is 19.4 Å². The molecule has 2 aromatic heterocycles. The van der Waals surface area contributed by atoms with Crippen LogP contribution in [0.4, 0.5) is 4.79 Å². The lowest BCUT2D eigenvalue weighted by atomic mass is 9.86. The van der Waals surface area contributed by atoms with E-state index in [1.54, 1.807) is 28.5 Å². The molecule has 1 aromatic carbocycles. The third kappa shape index (κ3) is 4.01. The van der Waals surface area contributed by atoms with Crippen molar-refractivity contribution >= 4 is 23.0 Å². The van der Waals surface area contributed by atoms with E-state index >= 15 is 0 Å². The van der Waals surface area contributed by atoms with Crippen LogP contribution in [-0.2, 0) is 34.7 Å². The van der Waals surface area contributed by atoms with Gasteiger partial charge in [0.1, 0.15) is 12.4 Å². The summed E-state index contributed by atoms with van der Waals surface area (Å²) in [6, 6.07) is 7.14. The Balaban J connectivity index is 1.40. The van der Waals surface area contributed by atoms with Crippen molar-refractivity contribution in [2.24, 2.45) is 0 Å². The predicted molar refractivity (Wildman–Crippen MR) is 144 cm³/mol. The number of carbonyl (C=O) groups excluding carboxylic acids is 2. The Labute approximate surface area is 225 Å². The lowest BCUT2D eigenvalue weighted by Gasteiger charge is -2.31. The summed E-state index contributed by atoms with van der Waals surface area (Å²) in [7, 11) is 2.05. The fourth-order valence-electron chi connectivity index (χ4n) is 6.00. The summed E-state index contributed by atoms with van der Waals surface area (Å²) in [5.41, 5.74) is 2.33. The van der Waals surface area contributed by atoms with Gasteiger partial charge in [0, 0.05) is 36.1 Å². The Morgan fingerprint density at radius 3 is 2.72 bits per heavy atom. The van der Waals surface area contributed by atoms with Crippen LogP contribution in [0.1, 0.15) is 48.9 Å². The fraction of sp³-hybridized carbons (Fsp3) is 0.448. The zero-order valence-corrected chi connectivity index (χ0v) is 22.5. The monoisotopic (exact) mass is 532 g/mol. The first-order valence-electron chi connectivity index (χ1n) is 13.5. The topological polar surface area (TPSA) is 114 Å². The van der Waals surface area contributed by atoms with Gasteiger partial charge in [-0.3, -0.25) is 4.79 Å². The number of carbonyl (C=O) groups is 2. The van der Waals surface area contributed by atoms with E-state index in [1.807, 2.05) is 19.1 Å². The number of likely N-dealkylation sites (N-methyl/N-ethyl adjacent to an activating group) is 1. The number of amides is 1. The molecule has 0 bridgehead atoms. The molecule has 5 heterocycles. The molecule has 1 N–H and O–H groups in total. The standard InChI is InChI=1S/C29H32N4O6/c1-4-18-19-13-17(39-28(36)32-10-6-9-31(3)11-12-32)7-8-23(19)30-25-20(18)15-33-24(25)14-22-21(26(33)34)16-38-27(35)29(22,37)5-2/h7-8,13-14,37H,4-6,9-12,15-16H2,1-3H3/t29-/m0/s1. The third-order valence-electron chi connectivity index (χ3n) is 8.31. The van der Waals surface area contributed by atoms with Gasteiger partial charge >= 0.3 is 12.1 Å².